The Kier molecular flexibility index (Phi) is 7.99. The van der Waals surface area contributed by atoms with Gasteiger partial charge >= 0.3 is 0 Å². The minimum Gasteiger partial charge on any atom is -0.356 e. The number of nitrogens with zero attached hydrogens (tertiary/aromatic N) is 3. The minimum atomic E-state index is -0.273. The molecule has 7 nitrogen and oxygen atoms in total. The quantitative estimate of drug-likeness (QED) is 0.592. The Morgan fingerprint density at radius 1 is 1.20 bits per heavy atom. The molecular weight excluding hydrogens is 458 g/mol. The summed E-state index contributed by atoms with van der Waals surface area (Å²) in [5.41, 5.74) is 7.11. The van der Waals surface area contributed by atoms with Gasteiger partial charge in [-0.05, 0) is 56.1 Å². The van der Waals surface area contributed by atoms with Crippen molar-refractivity contribution in [3.05, 3.63) is 34.9 Å². The standard InChI is InChI=1S/C27H41N5O2S/c1-16(2)13-28-24(33)20-9-10-22-23(12-20)32-26(31(25(22)34)14-17(3)4)29-30-27(32)35-15-21-11-18(5)7-8-19(21)6/h7-8,11,16-17,20,22-23,26,29H,9-10,12-15H2,1-6H3,(H,28,33). The van der Waals surface area contributed by atoms with Crippen LogP contribution in [0.1, 0.15) is 63.6 Å². The van der Waals surface area contributed by atoms with Gasteiger partial charge in [0.1, 0.15) is 0 Å². The van der Waals surface area contributed by atoms with Crippen LogP contribution in [0.5, 0.6) is 0 Å². The highest BCUT2D eigenvalue weighted by molar-refractivity contribution is 8.13. The number of amides is 2. The van der Waals surface area contributed by atoms with E-state index in [1.165, 1.54) is 16.7 Å². The van der Waals surface area contributed by atoms with Gasteiger partial charge in [0.05, 0.1) is 5.92 Å². The van der Waals surface area contributed by atoms with Crippen molar-refractivity contribution in [3.63, 3.8) is 0 Å². The number of nitrogens with one attached hydrogen (secondary N) is 2. The monoisotopic (exact) mass is 499 g/mol. The Labute approximate surface area is 214 Å². The molecule has 0 aromatic heterocycles. The Morgan fingerprint density at radius 3 is 2.69 bits per heavy atom. The second-order valence-corrected chi connectivity index (χ2v) is 12.2. The third kappa shape index (κ3) is 5.63. The summed E-state index contributed by atoms with van der Waals surface area (Å²) >= 11 is 1.72. The van der Waals surface area contributed by atoms with Crippen LogP contribution >= 0.6 is 11.8 Å². The lowest BCUT2D eigenvalue weighted by molar-refractivity contribution is -0.158. The number of hydrogen-bond donors (Lipinski definition) is 2. The SMILES string of the molecule is Cc1ccc(C)c(CSC2=NNC3N(CC(C)C)C(=O)C4CCC(C(=O)NCC(C)C)CC4N23)c1. The van der Waals surface area contributed by atoms with Gasteiger partial charge in [0.2, 0.25) is 11.8 Å². The van der Waals surface area contributed by atoms with Crippen LogP contribution in [0.15, 0.2) is 23.3 Å². The van der Waals surface area contributed by atoms with Crippen LogP contribution in [0.3, 0.4) is 0 Å². The summed E-state index contributed by atoms with van der Waals surface area (Å²) in [5, 5.41) is 8.77. The fraction of sp³-hybridized carbons (Fsp3) is 0.667. The molecule has 2 heterocycles. The van der Waals surface area contributed by atoms with E-state index < -0.39 is 0 Å². The van der Waals surface area contributed by atoms with Crippen LogP contribution in [0.4, 0.5) is 0 Å². The summed E-state index contributed by atoms with van der Waals surface area (Å²) in [6.45, 7) is 14.2. The molecule has 2 fully saturated rings. The van der Waals surface area contributed by atoms with Gasteiger partial charge in [0.25, 0.3) is 0 Å². The van der Waals surface area contributed by atoms with E-state index in [1.54, 1.807) is 11.8 Å². The molecule has 8 heteroatoms. The highest BCUT2D eigenvalue weighted by Crippen LogP contribution is 2.41. The van der Waals surface area contributed by atoms with E-state index in [4.69, 9.17) is 5.10 Å². The number of amidine groups is 1. The predicted molar refractivity (Wildman–Crippen MR) is 142 cm³/mol. The molecular formula is C27H41N5O2S. The number of carbonyl (C=O) groups excluding carboxylic acids is 2. The third-order valence-electron chi connectivity index (χ3n) is 7.31. The molecule has 4 rings (SSSR count). The summed E-state index contributed by atoms with van der Waals surface area (Å²) in [5.74, 6) is 1.78. The molecule has 0 spiro atoms. The number of hydrogen-bond acceptors (Lipinski definition) is 6. The molecule has 2 amide bonds. The van der Waals surface area contributed by atoms with Gasteiger partial charge in [-0.25, -0.2) is 0 Å². The van der Waals surface area contributed by atoms with Gasteiger partial charge in [-0.1, -0.05) is 63.2 Å². The number of aryl methyl sites for hydroxylation is 2. The van der Waals surface area contributed by atoms with E-state index in [-0.39, 0.29) is 36.0 Å². The van der Waals surface area contributed by atoms with Gasteiger partial charge in [-0.3, -0.25) is 15.0 Å². The normalized spacial score (nSPS) is 25.9. The maximum absolute atomic E-state index is 13.6. The summed E-state index contributed by atoms with van der Waals surface area (Å²) in [7, 11) is 0. The molecule has 1 saturated carbocycles. The molecule has 0 bridgehead atoms. The first-order valence-electron chi connectivity index (χ1n) is 13.0. The van der Waals surface area contributed by atoms with E-state index in [9.17, 15) is 9.59 Å². The molecule has 0 radical (unpaired) electrons. The zero-order chi connectivity index (χ0) is 25.3. The van der Waals surface area contributed by atoms with Crippen molar-refractivity contribution in [3.8, 4) is 0 Å². The first-order chi connectivity index (χ1) is 16.7. The first kappa shape index (κ1) is 25.9. The third-order valence-corrected chi connectivity index (χ3v) is 8.32. The minimum absolute atomic E-state index is 0.0145. The number of rotatable bonds is 7. The summed E-state index contributed by atoms with van der Waals surface area (Å²) in [4.78, 5) is 30.8. The number of thioether (sulfide) groups is 1. The lowest BCUT2D eigenvalue weighted by atomic mass is 9.75. The van der Waals surface area contributed by atoms with E-state index >= 15 is 0 Å². The highest BCUT2D eigenvalue weighted by atomic mass is 32.2. The van der Waals surface area contributed by atoms with Crippen LogP contribution in [-0.2, 0) is 15.3 Å². The van der Waals surface area contributed by atoms with Crippen molar-refractivity contribution in [2.24, 2.45) is 28.8 Å². The van der Waals surface area contributed by atoms with E-state index in [0.29, 0.717) is 31.3 Å². The Hall–Kier alpha value is -2.22. The molecule has 1 aliphatic carbocycles. The second-order valence-electron chi connectivity index (χ2n) is 11.2. The Morgan fingerprint density at radius 2 is 1.97 bits per heavy atom. The van der Waals surface area contributed by atoms with Gasteiger partial charge in [0.15, 0.2) is 11.5 Å². The van der Waals surface area contributed by atoms with E-state index in [1.807, 2.05) is 4.90 Å². The Balaban J connectivity index is 1.55. The van der Waals surface area contributed by atoms with Crippen LogP contribution in [0.2, 0.25) is 0 Å². The predicted octanol–water partition coefficient (Wildman–Crippen LogP) is 4.05. The van der Waals surface area contributed by atoms with Gasteiger partial charge in [-0.2, -0.15) is 5.10 Å². The molecule has 1 aromatic carbocycles. The van der Waals surface area contributed by atoms with Gasteiger partial charge in [-0.15, -0.1) is 0 Å². The molecule has 1 aromatic rings. The lowest BCUT2D eigenvalue weighted by Gasteiger charge is -2.51. The van der Waals surface area contributed by atoms with Crippen LogP contribution < -0.4 is 10.7 Å². The fourth-order valence-corrected chi connectivity index (χ4v) is 6.53. The number of fused-ring (bicyclic) bond motifs is 3. The molecule has 1 saturated heterocycles. The maximum atomic E-state index is 13.6. The molecule has 4 unspecified atom stereocenters. The number of benzene rings is 1. The van der Waals surface area contributed by atoms with Crippen LogP contribution in [0.25, 0.3) is 0 Å². The van der Waals surface area contributed by atoms with Crippen molar-refractivity contribution < 1.29 is 9.59 Å². The van der Waals surface area contributed by atoms with Crippen molar-refractivity contribution >= 4 is 28.7 Å². The molecule has 3 aliphatic rings. The van der Waals surface area contributed by atoms with Crippen molar-refractivity contribution in [1.29, 1.82) is 0 Å². The molecule has 35 heavy (non-hydrogen) atoms. The molecule has 4 atom stereocenters. The highest BCUT2D eigenvalue weighted by Gasteiger charge is 2.53. The smallest absolute Gasteiger partial charge is 0.230 e. The maximum Gasteiger partial charge on any atom is 0.230 e. The van der Waals surface area contributed by atoms with Crippen LogP contribution in [-0.4, -0.2) is 52.2 Å². The molecule has 2 aliphatic heterocycles. The summed E-state index contributed by atoms with van der Waals surface area (Å²) < 4.78 is 0. The first-order valence-corrected chi connectivity index (χ1v) is 14.0. The van der Waals surface area contributed by atoms with Crippen molar-refractivity contribution in [2.45, 2.75) is 78.9 Å². The lowest BCUT2D eigenvalue weighted by Crippen LogP contribution is -2.68. The van der Waals surface area contributed by atoms with Crippen molar-refractivity contribution in [1.82, 2.24) is 20.5 Å². The van der Waals surface area contributed by atoms with E-state index in [2.05, 4.69) is 75.4 Å². The zero-order valence-electron chi connectivity index (χ0n) is 22.0. The van der Waals surface area contributed by atoms with E-state index in [0.717, 1.165) is 23.8 Å². The Bertz CT molecular complexity index is 978. The number of hydrazone groups is 1. The summed E-state index contributed by atoms with van der Waals surface area (Å²) in [6.07, 6.45) is 1.93. The molecule has 2 N–H and O–H groups in total. The average Bonchev–Trinajstić information content (AvgIpc) is 3.24. The summed E-state index contributed by atoms with van der Waals surface area (Å²) in [6, 6.07) is 6.54. The second kappa shape index (κ2) is 10.8. The van der Waals surface area contributed by atoms with Crippen LogP contribution in [0, 0.1) is 37.5 Å². The largest absolute Gasteiger partial charge is 0.356 e. The zero-order valence-corrected chi connectivity index (χ0v) is 22.8. The van der Waals surface area contributed by atoms with Gasteiger partial charge < -0.3 is 15.1 Å². The topological polar surface area (TPSA) is 77.0 Å². The average molecular weight is 500 g/mol. The fourth-order valence-electron chi connectivity index (χ4n) is 5.43. The van der Waals surface area contributed by atoms with Crippen molar-refractivity contribution in [2.75, 3.05) is 13.1 Å². The molecule has 192 valence electrons. The van der Waals surface area contributed by atoms with Gasteiger partial charge in [0, 0.05) is 30.8 Å². The number of carbonyl (C=O) groups is 2.